The molecule has 0 atom stereocenters. The summed E-state index contributed by atoms with van der Waals surface area (Å²) in [6.07, 6.45) is 2.72. The van der Waals surface area contributed by atoms with E-state index in [2.05, 4.69) is 49.2 Å². The first-order valence-corrected chi connectivity index (χ1v) is 7.12. The lowest BCUT2D eigenvalue weighted by Gasteiger charge is -2.29. The molecule has 0 bridgehead atoms. The summed E-state index contributed by atoms with van der Waals surface area (Å²) in [6, 6.07) is 7.65. The maximum Gasteiger partial charge on any atom is 0.0414 e. The van der Waals surface area contributed by atoms with Crippen LogP contribution in [0.15, 0.2) is 18.2 Å². The molecule has 0 saturated heterocycles. The van der Waals surface area contributed by atoms with E-state index in [0.717, 1.165) is 12.6 Å². The number of aryl methyl sites for hydroxylation is 1. The van der Waals surface area contributed by atoms with Crippen molar-refractivity contribution in [2.75, 3.05) is 18.5 Å². The fourth-order valence-electron chi connectivity index (χ4n) is 2.55. The van der Waals surface area contributed by atoms with Crippen LogP contribution < -0.4 is 10.2 Å². The molecule has 1 aromatic rings. The van der Waals surface area contributed by atoms with Crippen LogP contribution in [0.5, 0.6) is 0 Å². The largest absolute Gasteiger partial charge is 0.368 e. The Hall–Kier alpha value is -1.02. The predicted octanol–water partition coefficient (Wildman–Crippen LogP) is 3.34. The number of nitrogens with one attached hydrogen (secondary N) is 1. The highest BCUT2D eigenvalue weighted by Gasteiger charge is 2.30. The average Bonchev–Trinajstić information content (AvgIpc) is 3.11. The molecule has 0 aromatic heterocycles. The van der Waals surface area contributed by atoms with Crippen LogP contribution in [-0.2, 0) is 6.54 Å². The van der Waals surface area contributed by atoms with E-state index >= 15 is 0 Å². The molecule has 0 spiro atoms. The van der Waals surface area contributed by atoms with Gasteiger partial charge in [0.1, 0.15) is 0 Å². The molecule has 2 nitrogen and oxygen atoms in total. The first-order chi connectivity index (χ1) is 8.61. The number of hydrogen-bond donors (Lipinski definition) is 1. The van der Waals surface area contributed by atoms with Crippen molar-refractivity contribution in [2.45, 2.75) is 46.2 Å². The van der Waals surface area contributed by atoms with Gasteiger partial charge < -0.3 is 10.2 Å². The van der Waals surface area contributed by atoms with E-state index in [4.69, 9.17) is 0 Å². The van der Waals surface area contributed by atoms with Gasteiger partial charge >= 0.3 is 0 Å². The number of benzene rings is 1. The van der Waals surface area contributed by atoms with Gasteiger partial charge in [-0.1, -0.05) is 31.5 Å². The van der Waals surface area contributed by atoms with Crippen LogP contribution in [0.1, 0.15) is 37.8 Å². The standard InChI is InChI=1S/C16H26N2/c1-12(2)11-18(15-6-7-15)16-8-5-13(3)9-14(16)10-17-4/h5,8-9,12,15,17H,6-7,10-11H2,1-4H3. The van der Waals surface area contributed by atoms with Crippen LogP contribution in [0, 0.1) is 12.8 Å². The van der Waals surface area contributed by atoms with E-state index in [1.807, 2.05) is 7.05 Å². The van der Waals surface area contributed by atoms with Gasteiger partial charge in [0.2, 0.25) is 0 Å². The fraction of sp³-hybridized carbons (Fsp3) is 0.625. The molecule has 2 rings (SSSR count). The highest BCUT2D eigenvalue weighted by Crippen LogP contribution is 2.34. The molecule has 0 radical (unpaired) electrons. The van der Waals surface area contributed by atoms with Gasteiger partial charge in [0.05, 0.1) is 0 Å². The Bertz CT molecular complexity index is 394. The van der Waals surface area contributed by atoms with Gasteiger partial charge in [-0.2, -0.15) is 0 Å². The second-order valence-corrected chi connectivity index (χ2v) is 5.94. The first-order valence-electron chi connectivity index (χ1n) is 7.12. The van der Waals surface area contributed by atoms with E-state index in [0.29, 0.717) is 5.92 Å². The summed E-state index contributed by atoms with van der Waals surface area (Å²) in [5, 5.41) is 3.29. The maximum absolute atomic E-state index is 3.29. The van der Waals surface area contributed by atoms with Crippen molar-refractivity contribution in [3.63, 3.8) is 0 Å². The van der Waals surface area contributed by atoms with Crippen molar-refractivity contribution in [3.8, 4) is 0 Å². The predicted molar refractivity (Wildman–Crippen MR) is 79.1 cm³/mol. The first kappa shape index (κ1) is 13.4. The maximum atomic E-state index is 3.29. The van der Waals surface area contributed by atoms with Crippen molar-refractivity contribution in [1.29, 1.82) is 0 Å². The van der Waals surface area contributed by atoms with E-state index in [1.54, 1.807) is 0 Å². The second kappa shape index (κ2) is 5.75. The van der Waals surface area contributed by atoms with Gasteiger partial charge in [-0.3, -0.25) is 0 Å². The van der Waals surface area contributed by atoms with Gasteiger partial charge in [-0.25, -0.2) is 0 Å². The molecule has 18 heavy (non-hydrogen) atoms. The van der Waals surface area contributed by atoms with Crippen molar-refractivity contribution in [3.05, 3.63) is 29.3 Å². The summed E-state index contributed by atoms with van der Waals surface area (Å²) in [5.41, 5.74) is 4.22. The lowest BCUT2D eigenvalue weighted by Crippen LogP contribution is -2.31. The van der Waals surface area contributed by atoms with Gasteiger partial charge in [-0.15, -0.1) is 0 Å². The Morgan fingerprint density at radius 1 is 1.33 bits per heavy atom. The van der Waals surface area contributed by atoms with Crippen LogP contribution in [0.3, 0.4) is 0 Å². The molecule has 0 heterocycles. The van der Waals surface area contributed by atoms with Crippen LogP contribution in [0.25, 0.3) is 0 Å². The summed E-state index contributed by atoms with van der Waals surface area (Å²) in [5.74, 6) is 0.717. The number of nitrogens with zero attached hydrogens (tertiary/aromatic N) is 1. The normalized spacial score (nSPS) is 15.2. The average molecular weight is 246 g/mol. The Balaban J connectivity index is 2.27. The molecule has 0 amide bonds. The SMILES string of the molecule is CNCc1cc(C)ccc1N(CC(C)C)C1CC1. The van der Waals surface area contributed by atoms with Crippen molar-refractivity contribution in [1.82, 2.24) is 5.32 Å². The second-order valence-electron chi connectivity index (χ2n) is 5.94. The van der Waals surface area contributed by atoms with Crippen LogP contribution in [0.2, 0.25) is 0 Å². The van der Waals surface area contributed by atoms with Crippen LogP contribution in [0.4, 0.5) is 5.69 Å². The van der Waals surface area contributed by atoms with Gasteiger partial charge in [0.15, 0.2) is 0 Å². The highest BCUT2D eigenvalue weighted by molar-refractivity contribution is 5.56. The third kappa shape index (κ3) is 3.26. The lowest BCUT2D eigenvalue weighted by atomic mass is 10.1. The molecule has 1 aliphatic carbocycles. The molecule has 1 aliphatic rings. The Morgan fingerprint density at radius 3 is 2.61 bits per heavy atom. The van der Waals surface area contributed by atoms with Crippen LogP contribution >= 0.6 is 0 Å². The molecule has 1 fully saturated rings. The van der Waals surface area contributed by atoms with Crippen molar-refractivity contribution < 1.29 is 0 Å². The molecule has 1 saturated carbocycles. The monoisotopic (exact) mass is 246 g/mol. The number of rotatable bonds is 6. The third-order valence-corrected chi connectivity index (χ3v) is 3.46. The Labute approximate surface area is 111 Å². The minimum Gasteiger partial charge on any atom is -0.368 e. The zero-order chi connectivity index (χ0) is 13.1. The van der Waals surface area contributed by atoms with Gasteiger partial charge in [0.25, 0.3) is 0 Å². The van der Waals surface area contributed by atoms with Crippen molar-refractivity contribution in [2.24, 2.45) is 5.92 Å². The molecule has 1 N–H and O–H groups in total. The molecule has 1 aromatic carbocycles. The van der Waals surface area contributed by atoms with E-state index in [1.165, 1.54) is 36.2 Å². The number of hydrogen-bond acceptors (Lipinski definition) is 2. The zero-order valence-electron chi connectivity index (χ0n) is 12.2. The minimum absolute atomic E-state index is 0.717. The van der Waals surface area contributed by atoms with Crippen molar-refractivity contribution >= 4 is 5.69 Å². The lowest BCUT2D eigenvalue weighted by molar-refractivity contribution is 0.604. The summed E-state index contributed by atoms with van der Waals surface area (Å²) >= 11 is 0. The summed E-state index contributed by atoms with van der Waals surface area (Å²) in [4.78, 5) is 2.62. The summed E-state index contributed by atoms with van der Waals surface area (Å²) in [7, 11) is 2.02. The molecule has 0 aliphatic heterocycles. The molecule has 2 heteroatoms. The molecular weight excluding hydrogens is 220 g/mol. The van der Waals surface area contributed by atoms with E-state index in [9.17, 15) is 0 Å². The van der Waals surface area contributed by atoms with Gasteiger partial charge in [-0.05, 0) is 44.4 Å². The van der Waals surface area contributed by atoms with Crippen LogP contribution in [-0.4, -0.2) is 19.6 Å². The summed E-state index contributed by atoms with van der Waals surface area (Å²) in [6.45, 7) is 8.91. The number of anilines is 1. The fourth-order valence-corrected chi connectivity index (χ4v) is 2.55. The molecule has 0 unspecified atom stereocenters. The Kier molecular flexibility index (Phi) is 4.28. The van der Waals surface area contributed by atoms with Gasteiger partial charge in [0, 0.05) is 24.8 Å². The summed E-state index contributed by atoms with van der Waals surface area (Å²) < 4.78 is 0. The molecular formula is C16H26N2. The van der Waals surface area contributed by atoms with E-state index < -0.39 is 0 Å². The van der Waals surface area contributed by atoms with E-state index in [-0.39, 0.29) is 0 Å². The quantitative estimate of drug-likeness (QED) is 0.828. The minimum atomic E-state index is 0.717. The third-order valence-electron chi connectivity index (χ3n) is 3.46. The zero-order valence-corrected chi connectivity index (χ0v) is 12.2. The highest BCUT2D eigenvalue weighted by atomic mass is 15.2. The molecule has 100 valence electrons. The smallest absolute Gasteiger partial charge is 0.0414 e. The topological polar surface area (TPSA) is 15.3 Å². The Morgan fingerprint density at radius 2 is 2.06 bits per heavy atom.